The molecule has 1 atom stereocenters. The topological polar surface area (TPSA) is 47.4 Å². The first-order chi connectivity index (χ1) is 11.7. The van der Waals surface area contributed by atoms with Gasteiger partial charge in [-0.2, -0.15) is 9.78 Å². The average molecular weight is 348 g/mol. The highest BCUT2D eigenvalue weighted by molar-refractivity contribution is 6.33. The van der Waals surface area contributed by atoms with Gasteiger partial charge < -0.3 is 9.64 Å². The Morgan fingerprint density at radius 2 is 2.12 bits per heavy atom. The molecule has 0 N–H and O–H groups in total. The number of aromatic nitrogens is 2. The van der Waals surface area contributed by atoms with Crippen LogP contribution in [0.25, 0.3) is 5.69 Å². The number of halogens is 1. The van der Waals surface area contributed by atoms with E-state index in [0.717, 1.165) is 44.8 Å². The zero-order chi connectivity index (χ0) is 16.9. The standard InChI is InChI=1S/C18H22ClN3O2/c1-2-24-13-14-7-6-10-21(12-14)16-11-20-22(18(23)17(16)19)15-8-4-3-5-9-15/h3-5,8-9,11,14H,2,6-7,10,12-13H2,1H3. The Bertz CT molecular complexity index is 733. The monoisotopic (exact) mass is 347 g/mol. The van der Waals surface area contributed by atoms with Crippen molar-refractivity contribution in [3.8, 4) is 5.69 Å². The van der Waals surface area contributed by atoms with Gasteiger partial charge in [-0.3, -0.25) is 4.79 Å². The molecule has 0 saturated carbocycles. The number of para-hydroxylation sites is 1. The third-order valence-electron chi connectivity index (χ3n) is 4.32. The fourth-order valence-electron chi connectivity index (χ4n) is 3.10. The van der Waals surface area contributed by atoms with Gasteiger partial charge in [-0.15, -0.1) is 0 Å². The van der Waals surface area contributed by atoms with Crippen molar-refractivity contribution in [2.75, 3.05) is 31.2 Å². The highest BCUT2D eigenvalue weighted by Crippen LogP contribution is 2.27. The van der Waals surface area contributed by atoms with Gasteiger partial charge in [0.1, 0.15) is 5.02 Å². The number of ether oxygens (including phenoxy) is 1. The van der Waals surface area contributed by atoms with E-state index in [4.69, 9.17) is 16.3 Å². The van der Waals surface area contributed by atoms with Crippen molar-refractivity contribution < 1.29 is 4.74 Å². The van der Waals surface area contributed by atoms with Gasteiger partial charge in [0.2, 0.25) is 0 Å². The minimum atomic E-state index is -0.285. The van der Waals surface area contributed by atoms with Crippen LogP contribution in [0.2, 0.25) is 5.02 Å². The summed E-state index contributed by atoms with van der Waals surface area (Å²) in [7, 11) is 0. The normalized spacial score (nSPS) is 17.9. The highest BCUT2D eigenvalue weighted by Gasteiger charge is 2.23. The van der Waals surface area contributed by atoms with Crippen molar-refractivity contribution in [3.63, 3.8) is 0 Å². The molecule has 6 heteroatoms. The van der Waals surface area contributed by atoms with Gasteiger partial charge in [0.25, 0.3) is 5.56 Å². The predicted molar refractivity (Wildman–Crippen MR) is 96.3 cm³/mol. The molecule has 1 saturated heterocycles. The van der Waals surface area contributed by atoms with E-state index in [-0.39, 0.29) is 10.6 Å². The van der Waals surface area contributed by atoms with E-state index in [1.807, 2.05) is 37.3 Å². The lowest BCUT2D eigenvalue weighted by Gasteiger charge is -2.34. The molecule has 0 aliphatic carbocycles. The first kappa shape index (κ1) is 17.0. The molecule has 3 rings (SSSR count). The summed E-state index contributed by atoms with van der Waals surface area (Å²) in [6.45, 7) is 5.21. The van der Waals surface area contributed by atoms with E-state index in [2.05, 4.69) is 10.00 Å². The predicted octanol–water partition coefficient (Wildman–Crippen LogP) is 3.14. The number of hydrogen-bond acceptors (Lipinski definition) is 4. The summed E-state index contributed by atoms with van der Waals surface area (Å²) in [5.41, 5.74) is 1.14. The molecule has 1 aliphatic heterocycles. The Morgan fingerprint density at radius 1 is 1.33 bits per heavy atom. The second kappa shape index (κ2) is 7.81. The highest BCUT2D eigenvalue weighted by atomic mass is 35.5. The van der Waals surface area contributed by atoms with Crippen molar-refractivity contribution >= 4 is 17.3 Å². The molecule has 0 spiro atoms. The summed E-state index contributed by atoms with van der Waals surface area (Å²) in [4.78, 5) is 14.8. The summed E-state index contributed by atoms with van der Waals surface area (Å²) in [6, 6.07) is 9.31. The molecule has 128 valence electrons. The molecule has 1 unspecified atom stereocenters. The van der Waals surface area contributed by atoms with Crippen molar-refractivity contribution in [2.45, 2.75) is 19.8 Å². The fourth-order valence-corrected chi connectivity index (χ4v) is 3.35. The van der Waals surface area contributed by atoms with Gasteiger partial charge in [0, 0.05) is 19.7 Å². The molecule has 1 fully saturated rings. The molecule has 0 radical (unpaired) electrons. The first-order valence-electron chi connectivity index (χ1n) is 8.36. The van der Waals surface area contributed by atoms with Crippen LogP contribution < -0.4 is 10.5 Å². The summed E-state index contributed by atoms with van der Waals surface area (Å²) in [5.74, 6) is 0.464. The average Bonchev–Trinajstić information content (AvgIpc) is 2.63. The van der Waals surface area contributed by atoms with E-state index in [0.29, 0.717) is 11.6 Å². The minimum absolute atomic E-state index is 0.228. The molecule has 1 aromatic heterocycles. The second-order valence-corrected chi connectivity index (χ2v) is 6.39. The van der Waals surface area contributed by atoms with Crippen LogP contribution in [0.3, 0.4) is 0 Å². The van der Waals surface area contributed by atoms with Crippen molar-refractivity contribution in [1.82, 2.24) is 9.78 Å². The van der Waals surface area contributed by atoms with Crippen LogP contribution in [0.1, 0.15) is 19.8 Å². The van der Waals surface area contributed by atoms with E-state index in [1.54, 1.807) is 6.20 Å². The zero-order valence-electron chi connectivity index (χ0n) is 13.8. The molecule has 24 heavy (non-hydrogen) atoms. The van der Waals surface area contributed by atoms with Gasteiger partial charge >= 0.3 is 0 Å². The van der Waals surface area contributed by atoms with Gasteiger partial charge in [-0.25, -0.2) is 0 Å². The summed E-state index contributed by atoms with van der Waals surface area (Å²) in [5, 5.41) is 4.55. The molecular formula is C18H22ClN3O2. The van der Waals surface area contributed by atoms with Crippen LogP contribution >= 0.6 is 11.6 Å². The van der Waals surface area contributed by atoms with Crippen molar-refractivity contribution in [2.24, 2.45) is 5.92 Å². The number of anilines is 1. The Morgan fingerprint density at radius 3 is 2.88 bits per heavy atom. The SMILES string of the molecule is CCOCC1CCCN(c2cnn(-c3ccccc3)c(=O)c2Cl)C1. The Hall–Kier alpha value is -1.85. The molecule has 2 aromatic rings. The molecule has 5 nitrogen and oxygen atoms in total. The van der Waals surface area contributed by atoms with Crippen LogP contribution in [0.4, 0.5) is 5.69 Å². The fraction of sp³-hybridized carbons (Fsp3) is 0.444. The lowest BCUT2D eigenvalue weighted by molar-refractivity contribution is 0.104. The van der Waals surface area contributed by atoms with E-state index >= 15 is 0 Å². The van der Waals surface area contributed by atoms with Gasteiger partial charge in [0.15, 0.2) is 0 Å². The third-order valence-corrected chi connectivity index (χ3v) is 4.67. The van der Waals surface area contributed by atoms with Crippen LogP contribution in [0.5, 0.6) is 0 Å². The van der Waals surface area contributed by atoms with Gasteiger partial charge in [-0.05, 0) is 37.8 Å². The second-order valence-electron chi connectivity index (χ2n) is 6.01. The number of nitrogens with zero attached hydrogens (tertiary/aromatic N) is 3. The largest absolute Gasteiger partial charge is 0.381 e. The lowest BCUT2D eigenvalue weighted by Crippen LogP contribution is -2.38. The number of rotatable bonds is 5. The van der Waals surface area contributed by atoms with Crippen molar-refractivity contribution in [3.05, 3.63) is 51.9 Å². The van der Waals surface area contributed by atoms with Crippen LogP contribution in [-0.4, -0.2) is 36.1 Å². The molecular weight excluding hydrogens is 326 g/mol. The zero-order valence-corrected chi connectivity index (χ0v) is 14.6. The number of hydrogen-bond donors (Lipinski definition) is 0. The Balaban J connectivity index is 1.84. The molecule has 0 amide bonds. The molecule has 2 heterocycles. The molecule has 1 aliphatic rings. The third kappa shape index (κ3) is 3.62. The lowest BCUT2D eigenvalue weighted by atomic mass is 9.98. The minimum Gasteiger partial charge on any atom is -0.381 e. The summed E-state index contributed by atoms with van der Waals surface area (Å²) in [6.07, 6.45) is 3.90. The summed E-state index contributed by atoms with van der Waals surface area (Å²) >= 11 is 6.39. The van der Waals surface area contributed by atoms with Gasteiger partial charge in [-0.1, -0.05) is 29.8 Å². The van der Waals surface area contributed by atoms with Crippen LogP contribution in [-0.2, 0) is 4.74 Å². The molecule has 0 bridgehead atoms. The van der Waals surface area contributed by atoms with E-state index < -0.39 is 0 Å². The quantitative estimate of drug-likeness (QED) is 0.833. The van der Waals surface area contributed by atoms with Crippen molar-refractivity contribution in [1.29, 1.82) is 0 Å². The Kier molecular flexibility index (Phi) is 5.53. The molecule has 1 aromatic carbocycles. The number of piperidine rings is 1. The van der Waals surface area contributed by atoms with Gasteiger partial charge in [0.05, 0.1) is 24.2 Å². The smallest absolute Gasteiger partial charge is 0.292 e. The van der Waals surface area contributed by atoms with Crippen LogP contribution in [0.15, 0.2) is 41.3 Å². The van der Waals surface area contributed by atoms with E-state index in [1.165, 1.54) is 4.68 Å². The number of benzene rings is 1. The summed E-state index contributed by atoms with van der Waals surface area (Å²) < 4.78 is 6.89. The Labute approximate surface area is 146 Å². The first-order valence-corrected chi connectivity index (χ1v) is 8.74. The maximum Gasteiger partial charge on any atom is 0.292 e. The van der Waals surface area contributed by atoms with E-state index in [9.17, 15) is 4.79 Å². The maximum atomic E-state index is 12.6. The maximum absolute atomic E-state index is 12.6. The van der Waals surface area contributed by atoms with Crippen LogP contribution in [0, 0.1) is 5.92 Å².